The Hall–Kier alpha value is -0.300. The monoisotopic (exact) mass is 86.1 g/mol. The number of quaternary nitrogens is 1. The highest BCUT2D eigenvalue weighted by Crippen LogP contribution is 2.05. The van der Waals surface area contributed by atoms with Crippen LogP contribution in [0.2, 0.25) is 0 Å². The van der Waals surface area contributed by atoms with Gasteiger partial charge < -0.3 is 6.15 Å². The second-order valence-electron chi connectivity index (χ2n) is 1.40. The van der Waals surface area contributed by atoms with Gasteiger partial charge in [0.15, 0.2) is 0 Å². The summed E-state index contributed by atoms with van der Waals surface area (Å²) in [6.07, 6.45) is 8.50. The van der Waals surface area contributed by atoms with Crippen LogP contribution in [-0.4, -0.2) is 0 Å². The van der Waals surface area contributed by atoms with Crippen molar-refractivity contribution in [2.24, 2.45) is 0 Å². The van der Waals surface area contributed by atoms with Crippen molar-refractivity contribution in [2.45, 2.75) is 19.3 Å². The molecule has 0 bridgehead atoms. The van der Waals surface area contributed by atoms with Crippen LogP contribution in [0.4, 0.5) is 0 Å². The first-order valence-electron chi connectivity index (χ1n) is 2.15. The number of rotatable bonds is 0. The fourth-order valence-corrected chi connectivity index (χ4v) is 0.589. The van der Waals surface area contributed by atoms with E-state index in [4.69, 9.17) is 0 Å². The first-order chi connectivity index (χ1) is 2.50. The maximum atomic E-state index is 2.24. The van der Waals surface area contributed by atoms with Gasteiger partial charge in [-0.25, -0.2) is 0 Å². The molecule has 4 N–H and O–H groups in total. The van der Waals surface area contributed by atoms with Crippen molar-refractivity contribution in [2.75, 3.05) is 0 Å². The van der Waals surface area contributed by atoms with Crippen molar-refractivity contribution in [1.29, 1.82) is 0 Å². The Kier molecular flexibility index (Phi) is 2.77. The number of hydrogen-bond acceptors (Lipinski definition) is 0. The topological polar surface area (TPSA) is 36.5 Å². The molecule has 36 valence electrons. The summed E-state index contributed by atoms with van der Waals surface area (Å²) in [5.74, 6) is 0. The van der Waals surface area contributed by atoms with E-state index in [1.54, 1.807) is 0 Å². The van der Waals surface area contributed by atoms with Crippen LogP contribution in [0.15, 0.2) is 12.2 Å². The van der Waals surface area contributed by atoms with Gasteiger partial charge in [-0.1, -0.05) is 12.2 Å². The molecule has 0 heterocycles. The third-order valence-corrected chi connectivity index (χ3v) is 0.908. The van der Waals surface area contributed by atoms with Gasteiger partial charge in [0, 0.05) is 0 Å². The second-order valence-corrected chi connectivity index (χ2v) is 1.40. The van der Waals surface area contributed by atoms with Gasteiger partial charge in [-0.05, 0) is 19.3 Å². The largest absolute Gasteiger partial charge is 0.369 e. The molecule has 1 aliphatic rings. The average Bonchev–Trinajstić information content (AvgIpc) is 1.76. The zero-order valence-electron chi connectivity index (χ0n) is 4.28. The van der Waals surface area contributed by atoms with Crippen LogP contribution in [0.1, 0.15) is 19.3 Å². The lowest BCUT2D eigenvalue weighted by Gasteiger charge is -1.69. The zero-order valence-corrected chi connectivity index (χ0v) is 4.28. The molecule has 1 heteroatoms. The fourth-order valence-electron chi connectivity index (χ4n) is 0.589. The summed E-state index contributed by atoms with van der Waals surface area (Å²) in [5.41, 5.74) is 0. The maximum absolute atomic E-state index is 2.24. The summed E-state index contributed by atoms with van der Waals surface area (Å²) < 4.78 is 0. The minimum Gasteiger partial charge on any atom is -0.369 e. The SMILES string of the molecule is C1=CCCC1.[NH4+]. The normalized spacial score (nSPS) is 17.3. The first kappa shape index (κ1) is 5.70. The molecule has 1 aliphatic carbocycles. The molecular weight excluding hydrogens is 74.1 g/mol. The highest BCUT2D eigenvalue weighted by atomic mass is 14.0. The quantitative estimate of drug-likeness (QED) is 0.438. The summed E-state index contributed by atoms with van der Waals surface area (Å²) in [6.45, 7) is 0. The molecule has 0 aromatic heterocycles. The Morgan fingerprint density at radius 3 is 1.67 bits per heavy atom. The van der Waals surface area contributed by atoms with Crippen LogP contribution in [0.5, 0.6) is 0 Å². The summed E-state index contributed by atoms with van der Waals surface area (Å²) in [6, 6.07) is 0. The number of allylic oxidation sites excluding steroid dienone is 2. The van der Waals surface area contributed by atoms with Gasteiger partial charge in [0.25, 0.3) is 0 Å². The van der Waals surface area contributed by atoms with Crippen LogP contribution in [-0.2, 0) is 0 Å². The molecule has 0 unspecified atom stereocenters. The standard InChI is InChI=1S/C5H8.H3N/c1-2-4-5-3-1;/h1-2H,3-5H2;1H3/p+1. The minimum absolute atomic E-state index is 0. The first-order valence-corrected chi connectivity index (χ1v) is 2.15. The molecule has 0 saturated heterocycles. The molecule has 0 amide bonds. The van der Waals surface area contributed by atoms with Crippen molar-refractivity contribution in [3.05, 3.63) is 12.2 Å². The molecular formula is C5H12N+. The second kappa shape index (κ2) is 2.91. The van der Waals surface area contributed by atoms with Crippen LogP contribution in [0.25, 0.3) is 0 Å². The van der Waals surface area contributed by atoms with E-state index < -0.39 is 0 Å². The third-order valence-electron chi connectivity index (χ3n) is 0.908. The molecule has 0 aromatic rings. The van der Waals surface area contributed by atoms with Gasteiger partial charge in [-0.3, -0.25) is 0 Å². The Morgan fingerprint density at radius 2 is 1.50 bits per heavy atom. The highest BCUT2D eigenvalue weighted by Gasteiger charge is 1.84. The van der Waals surface area contributed by atoms with Crippen LogP contribution < -0.4 is 6.15 Å². The molecule has 6 heavy (non-hydrogen) atoms. The van der Waals surface area contributed by atoms with Crippen LogP contribution in [0, 0.1) is 0 Å². The predicted octanol–water partition coefficient (Wildman–Crippen LogP) is 2.10. The van der Waals surface area contributed by atoms with E-state index in [0.29, 0.717) is 0 Å². The fraction of sp³-hybridized carbons (Fsp3) is 0.600. The average molecular weight is 86.2 g/mol. The van der Waals surface area contributed by atoms with E-state index in [2.05, 4.69) is 12.2 Å². The Bertz CT molecular complexity index is 41.9. The van der Waals surface area contributed by atoms with Gasteiger partial charge in [0.05, 0.1) is 0 Å². The third kappa shape index (κ3) is 1.22. The summed E-state index contributed by atoms with van der Waals surface area (Å²) in [7, 11) is 0. The van der Waals surface area contributed by atoms with Crippen LogP contribution >= 0.6 is 0 Å². The molecule has 0 aromatic carbocycles. The Morgan fingerprint density at radius 1 is 1.00 bits per heavy atom. The van der Waals surface area contributed by atoms with Gasteiger partial charge in [-0.2, -0.15) is 0 Å². The van der Waals surface area contributed by atoms with Gasteiger partial charge >= 0.3 is 0 Å². The molecule has 1 nitrogen and oxygen atoms in total. The van der Waals surface area contributed by atoms with Gasteiger partial charge in [-0.15, -0.1) is 0 Å². The van der Waals surface area contributed by atoms with Gasteiger partial charge in [0.1, 0.15) is 0 Å². The molecule has 0 saturated carbocycles. The van der Waals surface area contributed by atoms with Gasteiger partial charge in [0.2, 0.25) is 0 Å². The Labute approximate surface area is 38.6 Å². The molecule has 0 radical (unpaired) electrons. The van der Waals surface area contributed by atoms with Crippen molar-refractivity contribution in [1.82, 2.24) is 6.15 Å². The molecule has 0 spiro atoms. The summed E-state index contributed by atoms with van der Waals surface area (Å²) in [5, 5.41) is 0. The molecule has 0 aliphatic heterocycles. The van der Waals surface area contributed by atoms with Crippen LogP contribution in [0.3, 0.4) is 0 Å². The van der Waals surface area contributed by atoms with E-state index in [0.717, 1.165) is 0 Å². The highest BCUT2D eigenvalue weighted by molar-refractivity contribution is 4.88. The number of hydrogen-bond donors (Lipinski definition) is 1. The smallest absolute Gasteiger partial charge is 0.0348 e. The lowest BCUT2D eigenvalue weighted by atomic mass is 10.4. The lowest BCUT2D eigenvalue weighted by molar-refractivity contribution is 0.929. The zero-order chi connectivity index (χ0) is 3.54. The molecule has 0 fully saturated rings. The summed E-state index contributed by atoms with van der Waals surface area (Å²) >= 11 is 0. The molecule has 1 rings (SSSR count). The molecule has 0 atom stereocenters. The lowest BCUT2D eigenvalue weighted by Crippen LogP contribution is -1.50. The van der Waals surface area contributed by atoms with E-state index in [1.165, 1.54) is 19.3 Å². The van der Waals surface area contributed by atoms with Crippen molar-refractivity contribution in [3.8, 4) is 0 Å². The Balaban J connectivity index is 0.000000250. The van der Waals surface area contributed by atoms with E-state index in [-0.39, 0.29) is 6.15 Å². The van der Waals surface area contributed by atoms with Crippen molar-refractivity contribution < 1.29 is 0 Å². The predicted molar refractivity (Wildman–Crippen MR) is 29.0 cm³/mol. The van der Waals surface area contributed by atoms with E-state index in [1.807, 2.05) is 0 Å². The van der Waals surface area contributed by atoms with E-state index >= 15 is 0 Å². The summed E-state index contributed by atoms with van der Waals surface area (Å²) in [4.78, 5) is 0. The van der Waals surface area contributed by atoms with Crippen molar-refractivity contribution in [3.63, 3.8) is 0 Å². The maximum Gasteiger partial charge on any atom is -0.0348 e. The van der Waals surface area contributed by atoms with E-state index in [9.17, 15) is 0 Å². The minimum atomic E-state index is 0. The van der Waals surface area contributed by atoms with Crippen molar-refractivity contribution >= 4 is 0 Å².